The molecule has 0 radical (unpaired) electrons. The lowest BCUT2D eigenvalue weighted by molar-refractivity contribution is -0.143. The Hall–Kier alpha value is -2.10. The monoisotopic (exact) mass is 246 g/mol. The first-order valence-electron chi connectivity index (χ1n) is 5.64. The summed E-state index contributed by atoms with van der Waals surface area (Å²) in [5.41, 5.74) is 0.511. The van der Waals surface area contributed by atoms with Crippen LogP contribution in [0.15, 0.2) is 18.2 Å². The van der Waals surface area contributed by atoms with Gasteiger partial charge in [-0.25, -0.2) is 4.79 Å². The molecule has 1 unspecified atom stereocenters. The Morgan fingerprint density at radius 3 is 2.61 bits per heavy atom. The van der Waals surface area contributed by atoms with Crippen molar-refractivity contribution >= 4 is 24.1 Å². The molecule has 1 aliphatic carbocycles. The van der Waals surface area contributed by atoms with Gasteiger partial charge in [0.05, 0.1) is 25.7 Å². The van der Waals surface area contributed by atoms with Gasteiger partial charge >= 0.3 is 11.9 Å². The zero-order chi connectivity index (χ0) is 13.1. The molecule has 2 rings (SSSR count). The predicted molar refractivity (Wildman–Crippen MR) is 66.1 cm³/mol. The van der Waals surface area contributed by atoms with Crippen LogP contribution in [-0.2, 0) is 14.3 Å². The van der Waals surface area contributed by atoms with Crippen molar-refractivity contribution in [2.24, 2.45) is 5.92 Å². The fourth-order valence-corrected chi connectivity index (χ4v) is 2.00. The minimum atomic E-state index is -0.360. The van der Waals surface area contributed by atoms with Crippen molar-refractivity contribution < 1.29 is 19.1 Å². The molecule has 4 nitrogen and oxygen atoms in total. The number of carbonyl (C=O) groups excluding carboxylic acids is 2. The lowest BCUT2D eigenvalue weighted by atomic mass is 9.96. The van der Waals surface area contributed by atoms with Crippen LogP contribution >= 0.6 is 0 Å². The zero-order valence-electron chi connectivity index (χ0n) is 10.3. The molecule has 0 amide bonds. The number of benzene rings is 1. The number of methoxy groups -OCH3 is 2. The van der Waals surface area contributed by atoms with E-state index < -0.39 is 0 Å². The van der Waals surface area contributed by atoms with Gasteiger partial charge in [-0.2, -0.15) is 0 Å². The van der Waals surface area contributed by atoms with Crippen LogP contribution < -0.4 is 10.4 Å². The molecule has 0 spiro atoms. The van der Waals surface area contributed by atoms with Crippen LogP contribution in [0.4, 0.5) is 0 Å². The Bertz CT molecular complexity index is 601. The SMILES string of the molecule is COC(=O)c1ccc2c(c1)=CCC(C(=O)OC)C=2. The smallest absolute Gasteiger partial charge is 0.337 e. The largest absolute Gasteiger partial charge is 0.469 e. The van der Waals surface area contributed by atoms with Crippen molar-refractivity contribution in [2.75, 3.05) is 14.2 Å². The zero-order valence-corrected chi connectivity index (χ0v) is 10.3. The summed E-state index contributed by atoms with van der Waals surface area (Å²) in [6.45, 7) is 0. The van der Waals surface area contributed by atoms with E-state index in [-0.39, 0.29) is 17.9 Å². The van der Waals surface area contributed by atoms with Crippen LogP contribution in [0.1, 0.15) is 16.8 Å². The molecule has 0 heterocycles. The fourth-order valence-electron chi connectivity index (χ4n) is 2.00. The quantitative estimate of drug-likeness (QED) is 0.701. The van der Waals surface area contributed by atoms with E-state index in [2.05, 4.69) is 4.74 Å². The second-order valence-corrected chi connectivity index (χ2v) is 4.07. The number of rotatable bonds is 2. The molecule has 0 saturated carbocycles. The van der Waals surface area contributed by atoms with Gasteiger partial charge in [0.25, 0.3) is 0 Å². The first-order chi connectivity index (χ1) is 8.65. The van der Waals surface area contributed by atoms with Crippen molar-refractivity contribution in [1.29, 1.82) is 0 Å². The van der Waals surface area contributed by atoms with Crippen LogP contribution in [0.2, 0.25) is 0 Å². The van der Waals surface area contributed by atoms with Gasteiger partial charge in [0.15, 0.2) is 0 Å². The number of hydrogen-bond donors (Lipinski definition) is 0. The third kappa shape index (κ3) is 2.27. The molecule has 0 aliphatic heterocycles. The second kappa shape index (κ2) is 5.04. The molecule has 0 aromatic heterocycles. The average Bonchev–Trinajstić information content (AvgIpc) is 2.44. The molecular formula is C14H14O4. The van der Waals surface area contributed by atoms with Gasteiger partial charge in [-0.3, -0.25) is 4.79 Å². The highest BCUT2D eigenvalue weighted by molar-refractivity contribution is 5.89. The second-order valence-electron chi connectivity index (χ2n) is 4.07. The lowest BCUT2D eigenvalue weighted by Gasteiger charge is -2.11. The first kappa shape index (κ1) is 12.4. The van der Waals surface area contributed by atoms with Crippen LogP contribution in [0.3, 0.4) is 0 Å². The Labute approximate surface area is 105 Å². The molecule has 1 aliphatic rings. The summed E-state index contributed by atoms with van der Waals surface area (Å²) < 4.78 is 9.39. The maximum Gasteiger partial charge on any atom is 0.337 e. The van der Waals surface area contributed by atoms with Crippen LogP contribution in [0.25, 0.3) is 12.2 Å². The predicted octanol–water partition coefficient (Wildman–Crippen LogP) is 0.227. The number of carbonyl (C=O) groups is 2. The van der Waals surface area contributed by atoms with E-state index in [0.29, 0.717) is 12.0 Å². The summed E-state index contributed by atoms with van der Waals surface area (Å²) in [4.78, 5) is 22.8. The van der Waals surface area contributed by atoms with Crippen LogP contribution in [-0.4, -0.2) is 26.2 Å². The highest BCUT2D eigenvalue weighted by atomic mass is 16.5. The molecule has 0 fully saturated rings. The molecular weight excluding hydrogens is 232 g/mol. The third-order valence-electron chi connectivity index (χ3n) is 2.98. The topological polar surface area (TPSA) is 52.6 Å². The lowest BCUT2D eigenvalue weighted by Crippen LogP contribution is -2.32. The fraction of sp³-hybridized carbons (Fsp3) is 0.286. The van der Waals surface area contributed by atoms with Crippen molar-refractivity contribution in [3.8, 4) is 0 Å². The summed E-state index contributed by atoms with van der Waals surface area (Å²) in [6.07, 6.45) is 4.38. The molecule has 0 N–H and O–H groups in total. The van der Waals surface area contributed by atoms with Gasteiger partial charge in [-0.15, -0.1) is 0 Å². The van der Waals surface area contributed by atoms with E-state index in [1.54, 1.807) is 12.1 Å². The van der Waals surface area contributed by atoms with Gasteiger partial charge in [0.1, 0.15) is 0 Å². The van der Waals surface area contributed by atoms with Crippen molar-refractivity contribution in [3.05, 3.63) is 34.2 Å². The molecule has 18 heavy (non-hydrogen) atoms. The highest BCUT2D eigenvalue weighted by Crippen LogP contribution is 2.10. The van der Waals surface area contributed by atoms with E-state index in [0.717, 1.165) is 10.4 Å². The first-order valence-corrected chi connectivity index (χ1v) is 5.64. The maximum atomic E-state index is 11.5. The minimum absolute atomic E-state index is 0.242. The Morgan fingerprint density at radius 2 is 1.94 bits per heavy atom. The van der Waals surface area contributed by atoms with Gasteiger partial charge in [0, 0.05) is 0 Å². The molecule has 1 atom stereocenters. The van der Waals surface area contributed by atoms with Crippen LogP contribution in [0.5, 0.6) is 0 Å². The highest BCUT2D eigenvalue weighted by Gasteiger charge is 2.17. The summed E-state index contributed by atoms with van der Waals surface area (Å²) in [5.74, 6) is -0.846. The average molecular weight is 246 g/mol. The van der Waals surface area contributed by atoms with E-state index in [1.165, 1.54) is 14.2 Å². The summed E-state index contributed by atoms with van der Waals surface area (Å²) >= 11 is 0. The Balaban J connectivity index is 2.41. The third-order valence-corrected chi connectivity index (χ3v) is 2.98. The van der Waals surface area contributed by atoms with E-state index in [1.807, 2.05) is 18.2 Å². The Kier molecular flexibility index (Phi) is 3.46. The number of fused-ring (bicyclic) bond motifs is 1. The van der Waals surface area contributed by atoms with Crippen molar-refractivity contribution in [3.63, 3.8) is 0 Å². The number of hydrogen-bond acceptors (Lipinski definition) is 4. The van der Waals surface area contributed by atoms with Crippen molar-refractivity contribution in [2.45, 2.75) is 6.42 Å². The minimum Gasteiger partial charge on any atom is -0.469 e. The summed E-state index contributed by atoms with van der Waals surface area (Å²) in [7, 11) is 2.73. The normalized spacial score (nSPS) is 16.9. The van der Waals surface area contributed by atoms with Gasteiger partial charge in [0.2, 0.25) is 0 Å². The standard InChI is InChI=1S/C14H14O4/c1-17-13(15)11-5-3-10-8-12(14(16)18-2)6-4-9(10)7-11/h3-5,7-8,12H,6H2,1-2H3. The van der Waals surface area contributed by atoms with Crippen molar-refractivity contribution in [1.82, 2.24) is 0 Å². The number of esters is 2. The van der Waals surface area contributed by atoms with E-state index in [4.69, 9.17) is 4.74 Å². The van der Waals surface area contributed by atoms with Gasteiger partial charge in [-0.1, -0.05) is 18.2 Å². The van der Waals surface area contributed by atoms with E-state index in [9.17, 15) is 9.59 Å². The Morgan fingerprint density at radius 1 is 1.17 bits per heavy atom. The van der Waals surface area contributed by atoms with E-state index >= 15 is 0 Å². The molecule has 94 valence electrons. The number of ether oxygens (including phenoxy) is 2. The molecule has 0 saturated heterocycles. The van der Waals surface area contributed by atoms with Gasteiger partial charge < -0.3 is 9.47 Å². The van der Waals surface area contributed by atoms with Crippen LogP contribution in [0, 0.1) is 5.92 Å². The maximum absolute atomic E-state index is 11.5. The summed E-state index contributed by atoms with van der Waals surface area (Å²) in [6, 6.07) is 5.27. The van der Waals surface area contributed by atoms with Gasteiger partial charge in [-0.05, 0) is 29.0 Å². The summed E-state index contributed by atoms with van der Waals surface area (Å²) in [5, 5.41) is 1.88. The molecule has 0 bridgehead atoms. The molecule has 1 aromatic rings. The molecule has 4 heteroatoms. The molecule has 1 aromatic carbocycles.